The molecule has 0 radical (unpaired) electrons. The van der Waals surface area contributed by atoms with E-state index in [0.717, 1.165) is 82.5 Å². The van der Waals surface area contributed by atoms with E-state index in [4.69, 9.17) is 0 Å². The van der Waals surface area contributed by atoms with Gasteiger partial charge in [0.2, 0.25) is 0 Å². The number of aliphatic hydroxyl groups is 1. The Morgan fingerprint density at radius 2 is 1.00 bits per heavy atom. The van der Waals surface area contributed by atoms with E-state index in [1.54, 1.807) is 0 Å². The normalized spacial score (nSPS) is 14.6. The van der Waals surface area contributed by atoms with Gasteiger partial charge in [-0.3, -0.25) is 0 Å². The molecule has 1 unspecified atom stereocenters. The first-order valence-electron chi connectivity index (χ1n) is 19.3. The first-order valence-corrected chi connectivity index (χ1v) is 20.1. The monoisotopic (exact) mass is 794 g/mol. The summed E-state index contributed by atoms with van der Waals surface area (Å²) in [4.78, 5) is 2.36. The molecule has 1 aromatic heterocycles. The highest BCUT2D eigenvalue weighted by molar-refractivity contribution is 9.10. The van der Waals surface area contributed by atoms with Crippen molar-refractivity contribution in [2.45, 2.75) is 5.60 Å². The highest BCUT2D eigenvalue weighted by atomic mass is 79.9. The molecule has 0 amide bonds. The summed E-state index contributed by atoms with van der Waals surface area (Å²) in [6, 6.07) is 72.7. The second-order valence-corrected chi connectivity index (χ2v) is 15.7. The van der Waals surface area contributed by atoms with E-state index in [2.05, 4.69) is 207 Å². The molecule has 57 heavy (non-hydrogen) atoms. The second-order valence-electron chi connectivity index (χ2n) is 14.8. The molecular formula is C53H35BrN2O. The minimum absolute atomic E-state index is 0.848. The predicted octanol–water partition coefficient (Wildman–Crippen LogP) is 14.1. The minimum atomic E-state index is -1.37. The molecule has 0 saturated heterocycles. The lowest BCUT2D eigenvalue weighted by Crippen LogP contribution is -2.27. The Bertz CT molecular complexity index is 3170. The molecule has 11 rings (SSSR count). The number of benzene rings is 9. The number of rotatable bonds is 6. The lowest BCUT2D eigenvalue weighted by Gasteiger charge is -2.30. The van der Waals surface area contributed by atoms with Crippen LogP contribution in [0.2, 0.25) is 0 Å². The van der Waals surface area contributed by atoms with Gasteiger partial charge in [-0.25, -0.2) is 0 Å². The van der Waals surface area contributed by atoms with Crippen molar-refractivity contribution in [3.8, 4) is 27.9 Å². The van der Waals surface area contributed by atoms with Crippen molar-refractivity contribution >= 4 is 65.6 Å². The van der Waals surface area contributed by atoms with Gasteiger partial charge in [0.15, 0.2) is 0 Å². The maximum absolute atomic E-state index is 13.3. The first-order chi connectivity index (χ1) is 28.1. The Kier molecular flexibility index (Phi) is 7.78. The maximum Gasteiger partial charge on any atom is 0.142 e. The van der Waals surface area contributed by atoms with Crippen LogP contribution in [0.3, 0.4) is 0 Å². The van der Waals surface area contributed by atoms with E-state index in [0.29, 0.717) is 0 Å². The van der Waals surface area contributed by atoms with E-state index in [1.807, 2.05) is 24.3 Å². The van der Waals surface area contributed by atoms with Gasteiger partial charge in [-0.2, -0.15) is 0 Å². The van der Waals surface area contributed by atoms with Crippen molar-refractivity contribution < 1.29 is 5.11 Å². The summed E-state index contributed by atoms with van der Waals surface area (Å²) in [5, 5.41) is 17.9. The van der Waals surface area contributed by atoms with Gasteiger partial charge in [0, 0.05) is 54.7 Å². The molecule has 1 aliphatic rings. The third-order valence-corrected chi connectivity index (χ3v) is 12.1. The lowest BCUT2D eigenvalue weighted by molar-refractivity contribution is 0.131. The van der Waals surface area contributed by atoms with Crippen LogP contribution in [0.1, 0.15) is 16.7 Å². The number of halogens is 1. The van der Waals surface area contributed by atoms with Gasteiger partial charge >= 0.3 is 0 Å². The fraction of sp³-hybridized carbons (Fsp3) is 0.0189. The van der Waals surface area contributed by atoms with Gasteiger partial charge in [-0.05, 0) is 99.8 Å². The summed E-state index contributed by atoms with van der Waals surface area (Å²) in [6.45, 7) is 0. The smallest absolute Gasteiger partial charge is 0.142 e. The van der Waals surface area contributed by atoms with Crippen molar-refractivity contribution in [1.82, 2.24) is 4.57 Å². The van der Waals surface area contributed by atoms with Crippen molar-refractivity contribution in [3.05, 3.63) is 227 Å². The Hall–Kier alpha value is -6.72. The van der Waals surface area contributed by atoms with E-state index < -0.39 is 5.60 Å². The number of hydrogen-bond acceptors (Lipinski definition) is 2. The molecule has 10 aromatic rings. The lowest BCUT2D eigenvalue weighted by atomic mass is 9.79. The van der Waals surface area contributed by atoms with Gasteiger partial charge in [-0.15, -0.1) is 0 Å². The average Bonchev–Trinajstić information content (AvgIpc) is 3.73. The molecule has 1 atom stereocenters. The molecule has 4 heteroatoms. The number of fused-ring (bicyclic) bond motifs is 7. The van der Waals surface area contributed by atoms with Crippen LogP contribution in [0.25, 0.3) is 60.5 Å². The van der Waals surface area contributed by atoms with Crippen molar-refractivity contribution in [3.63, 3.8) is 0 Å². The molecule has 0 bridgehead atoms. The van der Waals surface area contributed by atoms with Gasteiger partial charge in [0.25, 0.3) is 0 Å². The van der Waals surface area contributed by atoms with Gasteiger partial charge in [0.1, 0.15) is 5.60 Å². The minimum Gasteiger partial charge on any atom is -0.376 e. The number of anilines is 3. The number of aromatic nitrogens is 1. The largest absolute Gasteiger partial charge is 0.376 e. The standard InChI is InChI=1S/C53H35BrN2O/c54-36-27-30-50-47(32-36)43-22-10-13-25-49(43)53(50,57)48-24-12-9-21-42(48)46-33-40(31-35-15-7-8-20-41(35)46)55(37-16-3-1-4-17-37)39-28-29-45-44-23-11-14-26-51(44)56(52(45)34-39)38-18-5-2-6-19-38/h1-34,57H. The highest BCUT2D eigenvalue weighted by Crippen LogP contribution is 2.54. The van der Waals surface area contributed by atoms with Crippen LogP contribution < -0.4 is 4.90 Å². The molecule has 9 aromatic carbocycles. The quantitative estimate of drug-likeness (QED) is 0.182. The third kappa shape index (κ3) is 5.22. The molecule has 0 spiro atoms. The third-order valence-electron chi connectivity index (χ3n) is 11.6. The fourth-order valence-corrected chi connectivity index (χ4v) is 9.54. The van der Waals surface area contributed by atoms with Gasteiger partial charge in [-0.1, -0.05) is 155 Å². The summed E-state index contributed by atoms with van der Waals surface area (Å²) < 4.78 is 3.35. The molecule has 1 heterocycles. The van der Waals surface area contributed by atoms with Crippen molar-refractivity contribution in [1.29, 1.82) is 0 Å². The maximum atomic E-state index is 13.3. The zero-order valence-electron chi connectivity index (χ0n) is 30.8. The molecule has 0 saturated carbocycles. The first kappa shape index (κ1) is 33.6. The molecule has 3 nitrogen and oxygen atoms in total. The zero-order valence-corrected chi connectivity index (χ0v) is 32.4. The van der Waals surface area contributed by atoms with Crippen LogP contribution in [0.4, 0.5) is 17.1 Å². The SMILES string of the molecule is OC1(c2ccccc2-c2cc(N(c3ccccc3)c3ccc4c5ccccc5n(-c5ccccc5)c4c3)cc3ccccc23)c2ccccc2-c2cc(Br)ccc21. The van der Waals surface area contributed by atoms with Crippen LogP contribution in [0.15, 0.2) is 211 Å². The van der Waals surface area contributed by atoms with Crippen LogP contribution in [-0.2, 0) is 5.60 Å². The Morgan fingerprint density at radius 1 is 0.404 bits per heavy atom. The second kappa shape index (κ2) is 13.2. The highest BCUT2D eigenvalue weighted by Gasteiger charge is 2.44. The van der Waals surface area contributed by atoms with Gasteiger partial charge < -0.3 is 14.6 Å². The Labute approximate surface area is 339 Å². The molecule has 1 N–H and O–H groups in total. The summed E-state index contributed by atoms with van der Waals surface area (Å²) >= 11 is 3.70. The Morgan fingerprint density at radius 3 is 1.77 bits per heavy atom. The van der Waals surface area contributed by atoms with Crippen LogP contribution in [0, 0.1) is 0 Å². The molecule has 270 valence electrons. The number of hydrogen-bond donors (Lipinski definition) is 1. The van der Waals surface area contributed by atoms with Crippen LogP contribution >= 0.6 is 15.9 Å². The van der Waals surface area contributed by atoms with Crippen molar-refractivity contribution in [2.24, 2.45) is 0 Å². The molecule has 1 aliphatic carbocycles. The summed E-state index contributed by atoms with van der Waals surface area (Å²) in [7, 11) is 0. The average molecular weight is 796 g/mol. The predicted molar refractivity (Wildman–Crippen MR) is 240 cm³/mol. The molecule has 0 fully saturated rings. The van der Waals surface area contributed by atoms with Crippen molar-refractivity contribution in [2.75, 3.05) is 4.90 Å². The zero-order chi connectivity index (χ0) is 38.1. The molecule has 0 aliphatic heterocycles. The van der Waals surface area contributed by atoms with Crippen LogP contribution in [0.5, 0.6) is 0 Å². The number of nitrogens with zero attached hydrogens (tertiary/aromatic N) is 2. The van der Waals surface area contributed by atoms with E-state index in [1.165, 1.54) is 16.3 Å². The van der Waals surface area contributed by atoms with E-state index in [9.17, 15) is 5.11 Å². The van der Waals surface area contributed by atoms with Gasteiger partial charge in [0.05, 0.1) is 11.0 Å². The topological polar surface area (TPSA) is 28.4 Å². The number of para-hydroxylation sites is 3. The molecular weight excluding hydrogens is 760 g/mol. The van der Waals surface area contributed by atoms with E-state index >= 15 is 0 Å². The summed E-state index contributed by atoms with van der Waals surface area (Å²) in [5.41, 5.74) is 11.9. The Balaban J connectivity index is 1.16. The fourth-order valence-electron chi connectivity index (χ4n) is 9.18. The summed E-state index contributed by atoms with van der Waals surface area (Å²) in [5.74, 6) is 0. The summed E-state index contributed by atoms with van der Waals surface area (Å²) in [6.07, 6.45) is 0. The van der Waals surface area contributed by atoms with Crippen LogP contribution in [-0.4, -0.2) is 9.67 Å². The van der Waals surface area contributed by atoms with E-state index in [-0.39, 0.29) is 0 Å².